The van der Waals surface area contributed by atoms with Crippen molar-refractivity contribution >= 4 is 11.8 Å². The van der Waals surface area contributed by atoms with Crippen LogP contribution in [0.3, 0.4) is 0 Å². The number of Topliss-reactive ketones (excluding diaryl/α,β-unsaturated/α-hetero) is 1. The van der Waals surface area contributed by atoms with Gasteiger partial charge < -0.3 is 5.11 Å². The fraction of sp³-hybridized carbons (Fsp3) is 0.100. The van der Waals surface area contributed by atoms with Gasteiger partial charge in [-0.1, -0.05) is 42.5 Å². The Hall–Kier alpha value is -3.34. The summed E-state index contributed by atoms with van der Waals surface area (Å²) >= 11 is 0. The number of hydrogen-bond donors (Lipinski definition) is 1. The molecule has 0 fully saturated rings. The summed E-state index contributed by atoms with van der Waals surface area (Å²) in [5, 5.41) is 9.19. The van der Waals surface area contributed by atoms with Crippen LogP contribution >= 0.6 is 0 Å². The van der Waals surface area contributed by atoms with Crippen molar-refractivity contribution in [2.24, 2.45) is 0 Å². The minimum atomic E-state index is -1.10. The number of carbonyl (C=O) groups is 2. The van der Waals surface area contributed by atoms with Crippen molar-refractivity contribution in [3.8, 4) is 0 Å². The third kappa shape index (κ3) is 4.14. The number of benzene rings is 2. The highest BCUT2D eigenvalue weighted by Crippen LogP contribution is 2.14. The van der Waals surface area contributed by atoms with Gasteiger partial charge in [0, 0.05) is 30.8 Å². The molecule has 0 saturated heterocycles. The topological polar surface area (TPSA) is 80.1 Å². The Bertz CT molecular complexity index is 890. The van der Waals surface area contributed by atoms with Gasteiger partial charge in [0.25, 0.3) is 0 Å². The van der Waals surface area contributed by atoms with Crippen LogP contribution in [0, 0.1) is 0 Å². The number of hydrogen-bond acceptors (Lipinski definition) is 4. The first-order valence-corrected chi connectivity index (χ1v) is 7.83. The Kier molecular flexibility index (Phi) is 4.95. The smallest absolute Gasteiger partial charge is 0.336 e. The second-order valence-electron chi connectivity index (χ2n) is 5.61. The van der Waals surface area contributed by atoms with Crippen molar-refractivity contribution in [1.82, 2.24) is 9.97 Å². The van der Waals surface area contributed by atoms with E-state index >= 15 is 0 Å². The van der Waals surface area contributed by atoms with Crippen LogP contribution in [0.2, 0.25) is 0 Å². The lowest BCUT2D eigenvalue weighted by molar-refractivity contribution is 0.0692. The van der Waals surface area contributed by atoms with Crippen molar-refractivity contribution in [1.29, 1.82) is 0 Å². The normalized spacial score (nSPS) is 10.4. The van der Waals surface area contributed by atoms with E-state index in [0.717, 1.165) is 17.0 Å². The van der Waals surface area contributed by atoms with E-state index in [1.165, 1.54) is 6.07 Å². The number of carboxylic acid groups (broad SMARTS) is 1. The molecule has 3 rings (SSSR count). The van der Waals surface area contributed by atoms with Crippen LogP contribution in [0.25, 0.3) is 0 Å². The van der Waals surface area contributed by atoms with E-state index in [9.17, 15) is 14.7 Å². The highest BCUT2D eigenvalue weighted by molar-refractivity contribution is 6.06. The number of carbonyl (C=O) groups excluding carboxylic acids is 1. The van der Waals surface area contributed by atoms with Gasteiger partial charge in [-0.15, -0.1) is 0 Å². The van der Waals surface area contributed by atoms with Gasteiger partial charge >= 0.3 is 5.97 Å². The standard InChI is InChI=1S/C20H16N2O3/c23-18(16-4-1-2-5-17(16)20(24)25)12-14-6-8-15(9-7-14)13-19-21-10-3-11-22-19/h1-11H,12-13H2,(H,24,25). The maximum absolute atomic E-state index is 12.4. The fourth-order valence-corrected chi connectivity index (χ4v) is 2.57. The lowest BCUT2D eigenvalue weighted by Gasteiger charge is -2.06. The third-order valence-electron chi connectivity index (χ3n) is 3.83. The molecule has 0 aliphatic heterocycles. The molecule has 0 saturated carbocycles. The molecule has 5 heteroatoms. The van der Waals surface area contributed by atoms with E-state index in [4.69, 9.17) is 0 Å². The van der Waals surface area contributed by atoms with E-state index in [-0.39, 0.29) is 23.3 Å². The third-order valence-corrected chi connectivity index (χ3v) is 3.83. The molecule has 0 atom stereocenters. The predicted molar refractivity (Wildman–Crippen MR) is 92.7 cm³/mol. The summed E-state index contributed by atoms with van der Waals surface area (Å²) in [5.74, 6) is -0.569. The Morgan fingerprint density at radius 2 is 1.40 bits per heavy atom. The van der Waals surface area contributed by atoms with Gasteiger partial charge in [0.15, 0.2) is 5.78 Å². The highest BCUT2D eigenvalue weighted by Gasteiger charge is 2.16. The van der Waals surface area contributed by atoms with E-state index in [2.05, 4.69) is 9.97 Å². The number of rotatable bonds is 6. The van der Waals surface area contributed by atoms with Crippen LogP contribution in [0.4, 0.5) is 0 Å². The summed E-state index contributed by atoms with van der Waals surface area (Å²) in [6, 6.07) is 15.7. The SMILES string of the molecule is O=C(O)c1ccccc1C(=O)Cc1ccc(Cc2ncccn2)cc1. The molecule has 0 aliphatic carbocycles. The molecule has 25 heavy (non-hydrogen) atoms. The van der Waals surface area contributed by atoms with Crippen molar-refractivity contribution in [2.45, 2.75) is 12.8 Å². The molecule has 2 aromatic carbocycles. The first-order valence-electron chi connectivity index (χ1n) is 7.83. The van der Waals surface area contributed by atoms with Crippen molar-refractivity contribution in [3.63, 3.8) is 0 Å². The van der Waals surface area contributed by atoms with Gasteiger partial charge in [0.05, 0.1) is 5.56 Å². The van der Waals surface area contributed by atoms with Crippen LogP contribution in [0.15, 0.2) is 67.0 Å². The Balaban J connectivity index is 1.71. The molecular weight excluding hydrogens is 316 g/mol. The Morgan fingerprint density at radius 1 is 0.800 bits per heavy atom. The average Bonchev–Trinajstić information content (AvgIpc) is 2.64. The summed E-state index contributed by atoms with van der Waals surface area (Å²) in [4.78, 5) is 32.0. The van der Waals surface area contributed by atoms with Crippen molar-refractivity contribution in [3.05, 3.63) is 95.1 Å². The molecular formula is C20H16N2O3. The molecule has 0 spiro atoms. The summed E-state index contributed by atoms with van der Waals surface area (Å²) in [7, 11) is 0. The number of nitrogens with zero attached hydrogens (tertiary/aromatic N) is 2. The molecule has 1 N–H and O–H groups in total. The van der Waals surface area contributed by atoms with E-state index < -0.39 is 5.97 Å². The number of carboxylic acids is 1. The maximum atomic E-state index is 12.4. The van der Waals surface area contributed by atoms with E-state index in [1.807, 2.05) is 24.3 Å². The lowest BCUT2D eigenvalue weighted by Crippen LogP contribution is -2.10. The van der Waals surface area contributed by atoms with Crippen LogP contribution in [-0.2, 0) is 12.8 Å². The lowest BCUT2D eigenvalue weighted by atomic mass is 9.97. The predicted octanol–water partition coefficient (Wildman–Crippen LogP) is 3.19. The largest absolute Gasteiger partial charge is 0.478 e. The summed E-state index contributed by atoms with van der Waals surface area (Å²) in [5.41, 5.74) is 2.15. The number of aromatic nitrogens is 2. The van der Waals surface area contributed by atoms with Crippen molar-refractivity contribution < 1.29 is 14.7 Å². The zero-order valence-corrected chi connectivity index (χ0v) is 13.4. The minimum absolute atomic E-state index is 0.0327. The first kappa shape index (κ1) is 16.5. The summed E-state index contributed by atoms with van der Waals surface area (Å²) in [6.45, 7) is 0. The minimum Gasteiger partial charge on any atom is -0.478 e. The van der Waals surface area contributed by atoms with Crippen LogP contribution < -0.4 is 0 Å². The zero-order valence-electron chi connectivity index (χ0n) is 13.4. The Labute approximate surface area is 145 Å². The molecule has 0 unspecified atom stereocenters. The number of aromatic carboxylic acids is 1. The average molecular weight is 332 g/mol. The summed E-state index contributed by atoms with van der Waals surface area (Å²) < 4.78 is 0. The molecule has 0 aliphatic rings. The van der Waals surface area contributed by atoms with Gasteiger partial charge in [-0.05, 0) is 23.3 Å². The van der Waals surface area contributed by atoms with Crippen molar-refractivity contribution in [2.75, 3.05) is 0 Å². The molecule has 0 radical (unpaired) electrons. The molecule has 1 heterocycles. The second kappa shape index (κ2) is 7.49. The Morgan fingerprint density at radius 3 is 2.04 bits per heavy atom. The van der Waals surface area contributed by atoms with Gasteiger partial charge in [0.1, 0.15) is 5.82 Å². The number of ketones is 1. The van der Waals surface area contributed by atoms with Crippen LogP contribution in [0.5, 0.6) is 0 Å². The van der Waals surface area contributed by atoms with Gasteiger partial charge in [-0.3, -0.25) is 4.79 Å². The molecule has 0 bridgehead atoms. The molecule has 0 amide bonds. The van der Waals surface area contributed by atoms with Gasteiger partial charge in [0.2, 0.25) is 0 Å². The monoisotopic (exact) mass is 332 g/mol. The fourth-order valence-electron chi connectivity index (χ4n) is 2.57. The summed E-state index contributed by atoms with van der Waals surface area (Å²) in [6.07, 6.45) is 4.19. The van der Waals surface area contributed by atoms with Gasteiger partial charge in [-0.25, -0.2) is 14.8 Å². The molecule has 3 aromatic rings. The molecule has 124 valence electrons. The van der Waals surface area contributed by atoms with E-state index in [1.54, 1.807) is 36.7 Å². The first-order chi connectivity index (χ1) is 12.1. The van der Waals surface area contributed by atoms with Gasteiger partial charge in [-0.2, -0.15) is 0 Å². The van der Waals surface area contributed by atoms with E-state index in [0.29, 0.717) is 6.42 Å². The molecule has 5 nitrogen and oxygen atoms in total. The van der Waals surface area contributed by atoms with Crippen LogP contribution in [0.1, 0.15) is 37.7 Å². The quantitative estimate of drug-likeness (QED) is 0.701. The highest BCUT2D eigenvalue weighted by atomic mass is 16.4. The maximum Gasteiger partial charge on any atom is 0.336 e. The second-order valence-corrected chi connectivity index (χ2v) is 5.61. The van der Waals surface area contributed by atoms with Crippen LogP contribution in [-0.4, -0.2) is 26.8 Å². The molecule has 1 aromatic heterocycles. The zero-order chi connectivity index (χ0) is 17.6.